The highest BCUT2D eigenvalue weighted by Gasteiger charge is 2.27. The van der Waals surface area contributed by atoms with Crippen LogP contribution in [-0.4, -0.2) is 21.5 Å². The quantitative estimate of drug-likeness (QED) is 0.634. The largest absolute Gasteiger partial charge is 0.465 e. The number of ether oxygens (including phenoxy) is 1. The van der Waals surface area contributed by atoms with Gasteiger partial charge in [-0.15, -0.1) is 0 Å². The van der Waals surface area contributed by atoms with Gasteiger partial charge in [-0.25, -0.2) is 13.2 Å². The van der Waals surface area contributed by atoms with Crippen LogP contribution in [0, 0.1) is 0 Å². The van der Waals surface area contributed by atoms with Crippen LogP contribution in [-0.2, 0) is 19.4 Å². The Kier molecular flexibility index (Phi) is 5.00. The van der Waals surface area contributed by atoms with Gasteiger partial charge in [0.15, 0.2) is 4.91 Å². The van der Waals surface area contributed by atoms with Crippen molar-refractivity contribution in [3.05, 3.63) is 70.1 Å². The van der Waals surface area contributed by atoms with Gasteiger partial charge in [0.1, 0.15) is 0 Å². The smallest absolute Gasteiger partial charge is 0.349 e. The first kappa shape index (κ1) is 16.3. The Morgan fingerprint density at radius 1 is 1.05 bits per heavy atom. The lowest BCUT2D eigenvalue weighted by atomic mass is 10.2. The van der Waals surface area contributed by atoms with Crippen LogP contribution in [0.25, 0.3) is 6.08 Å². The summed E-state index contributed by atoms with van der Waals surface area (Å²) < 4.78 is 29.8. The molecule has 0 aliphatic rings. The fraction of sp³-hybridized carbons (Fsp3) is 0.0625. The second kappa shape index (κ2) is 6.77. The third-order valence-corrected chi connectivity index (χ3v) is 4.91. The van der Waals surface area contributed by atoms with E-state index in [0.717, 1.165) is 7.11 Å². The van der Waals surface area contributed by atoms with E-state index in [-0.39, 0.29) is 4.90 Å². The molecule has 0 fully saturated rings. The average molecular weight is 337 g/mol. The number of benzene rings is 2. The lowest BCUT2D eigenvalue weighted by Crippen LogP contribution is -2.15. The number of hydrogen-bond donors (Lipinski definition) is 0. The van der Waals surface area contributed by atoms with Gasteiger partial charge < -0.3 is 4.74 Å². The minimum atomic E-state index is -3.97. The van der Waals surface area contributed by atoms with E-state index in [1.807, 2.05) is 0 Å². The molecule has 2 aromatic carbocycles. The summed E-state index contributed by atoms with van der Waals surface area (Å²) in [5.41, 5.74) is 0.532. The molecule has 0 unspecified atom stereocenters. The van der Waals surface area contributed by atoms with Crippen LogP contribution in [0.2, 0.25) is 5.02 Å². The molecule has 0 spiro atoms. The van der Waals surface area contributed by atoms with Crippen molar-refractivity contribution in [2.75, 3.05) is 7.11 Å². The number of methoxy groups -OCH3 is 1. The molecule has 6 heteroatoms. The molecule has 2 rings (SSSR count). The summed E-state index contributed by atoms with van der Waals surface area (Å²) in [6.45, 7) is 0. The predicted molar refractivity (Wildman–Crippen MR) is 85.1 cm³/mol. The van der Waals surface area contributed by atoms with Crippen molar-refractivity contribution in [1.82, 2.24) is 0 Å². The highest BCUT2D eigenvalue weighted by atomic mass is 35.5. The molecule has 0 amide bonds. The molecule has 0 saturated carbocycles. The van der Waals surface area contributed by atoms with Crippen molar-refractivity contribution >= 4 is 33.5 Å². The van der Waals surface area contributed by atoms with Gasteiger partial charge in [-0.3, -0.25) is 0 Å². The van der Waals surface area contributed by atoms with Crippen LogP contribution in [0.3, 0.4) is 0 Å². The number of carbonyl (C=O) groups is 1. The molecule has 0 aliphatic heterocycles. The van der Waals surface area contributed by atoms with Crippen LogP contribution in [0.1, 0.15) is 5.56 Å². The predicted octanol–water partition coefficient (Wildman–Crippen LogP) is 3.33. The third-order valence-electron chi connectivity index (χ3n) is 2.90. The molecule has 0 heterocycles. The maximum Gasteiger partial charge on any atom is 0.349 e. The van der Waals surface area contributed by atoms with Gasteiger partial charge in [0.05, 0.1) is 12.0 Å². The Balaban J connectivity index is 2.56. The summed E-state index contributed by atoms with van der Waals surface area (Å²) in [5, 5.41) is 0.516. The first-order chi connectivity index (χ1) is 10.4. The number of rotatable bonds is 4. The first-order valence-electron chi connectivity index (χ1n) is 6.31. The summed E-state index contributed by atoms with van der Waals surface area (Å²) >= 11 is 5.79. The molecule has 0 aliphatic carbocycles. The van der Waals surface area contributed by atoms with Gasteiger partial charge in [0, 0.05) is 5.02 Å². The van der Waals surface area contributed by atoms with Crippen LogP contribution >= 0.6 is 11.6 Å². The minimum Gasteiger partial charge on any atom is -0.465 e. The lowest BCUT2D eigenvalue weighted by molar-refractivity contribution is -0.135. The van der Waals surface area contributed by atoms with Crippen LogP contribution in [0.15, 0.2) is 64.4 Å². The zero-order chi connectivity index (χ0) is 16.2. The third kappa shape index (κ3) is 3.55. The second-order valence-corrected chi connectivity index (χ2v) is 6.72. The van der Waals surface area contributed by atoms with Gasteiger partial charge in [-0.2, -0.15) is 0 Å². The maximum absolute atomic E-state index is 12.6. The summed E-state index contributed by atoms with van der Waals surface area (Å²) in [7, 11) is -2.83. The average Bonchev–Trinajstić information content (AvgIpc) is 2.54. The normalized spacial score (nSPS) is 12.0. The molecule has 0 aromatic heterocycles. The zero-order valence-electron chi connectivity index (χ0n) is 11.7. The molecular weight excluding hydrogens is 324 g/mol. The van der Waals surface area contributed by atoms with Crippen LogP contribution in [0.5, 0.6) is 0 Å². The van der Waals surface area contributed by atoms with Gasteiger partial charge in [0.2, 0.25) is 9.84 Å². The molecule has 22 heavy (non-hydrogen) atoms. The molecule has 0 N–H and O–H groups in total. The fourth-order valence-electron chi connectivity index (χ4n) is 1.78. The molecule has 0 bridgehead atoms. The van der Waals surface area contributed by atoms with E-state index in [1.54, 1.807) is 42.5 Å². The molecule has 0 atom stereocenters. The van der Waals surface area contributed by atoms with E-state index in [0.29, 0.717) is 10.6 Å². The van der Waals surface area contributed by atoms with Gasteiger partial charge in [-0.05, 0) is 35.9 Å². The number of esters is 1. The number of hydrogen-bond acceptors (Lipinski definition) is 4. The molecule has 0 radical (unpaired) electrons. The summed E-state index contributed by atoms with van der Waals surface area (Å²) in [4.78, 5) is 11.5. The Hall–Kier alpha value is -2.11. The summed E-state index contributed by atoms with van der Waals surface area (Å²) in [6.07, 6.45) is 1.27. The Morgan fingerprint density at radius 3 is 2.18 bits per heavy atom. The van der Waals surface area contributed by atoms with Gasteiger partial charge >= 0.3 is 5.97 Å². The van der Waals surface area contributed by atoms with Crippen molar-refractivity contribution in [2.45, 2.75) is 4.90 Å². The van der Waals surface area contributed by atoms with Crippen LogP contribution < -0.4 is 0 Å². The van der Waals surface area contributed by atoms with Crippen molar-refractivity contribution in [3.8, 4) is 0 Å². The molecule has 2 aromatic rings. The fourth-order valence-corrected chi connectivity index (χ4v) is 3.27. The first-order valence-corrected chi connectivity index (χ1v) is 8.17. The minimum absolute atomic E-state index is 0.0283. The molecule has 114 valence electrons. The van der Waals surface area contributed by atoms with Crippen molar-refractivity contribution in [3.63, 3.8) is 0 Å². The zero-order valence-corrected chi connectivity index (χ0v) is 13.3. The Bertz CT molecular complexity index is 794. The monoisotopic (exact) mass is 336 g/mol. The van der Waals surface area contributed by atoms with E-state index in [2.05, 4.69) is 4.74 Å². The van der Waals surface area contributed by atoms with E-state index >= 15 is 0 Å². The van der Waals surface area contributed by atoms with Crippen molar-refractivity contribution < 1.29 is 17.9 Å². The van der Waals surface area contributed by atoms with E-state index in [9.17, 15) is 13.2 Å². The van der Waals surface area contributed by atoms with Gasteiger partial charge in [-0.1, -0.05) is 41.9 Å². The van der Waals surface area contributed by atoms with E-state index in [1.165, 1.54) is 18.2 Å². The number of carbonyl (C=O) groups excluding carboxylic acids is 1. The number of halogens is 1. The molecule has 4 nitrogen and oxygen atoms in total. The second-order valence-electron chi connectivity index (χ2n) is 4.37. The highest BCUT2D eigenvalue weighted by Crippen LogP contribution is 2.23. The summed E-state index contributed by atoms with van der Waals surface area (Å²) in [6, 6.07) is 14.2. The Morgan fingerprint density at radius 2 is 1.64 bits per heavy atom. The summed E-state index contributed by atoms with van der Waals surface area (Å²) in [5.74, 6) is -0.918. The standard InChI is InChI=1S/C16H13ClO4S/c1-21-16(18)15(11-12-7-9-13(17)10-8-12)22(19,20)14-5-3-2-4-6-14/h2-11H,1H3/b15-11+. The lowest BCUT2D eigenvalue weighted by Gasteiger charge is -2.08. The Labute approximate surface area is 133 Å². The van der Waals surface area contributed by atoms with Crippen molar-refractivity contribution in [2.24, 2.45) is 0 Å². The van der Waals surface area contributed by atoms with E-state index < -0.39 is 20.7 Å². The SMILES string of the molecule is COC(=O)/C(=C\c1ccc(Cl)cc1)S(=O)(=O)c1ccccc1. The van der Waals surface area contributed by atoms with Gasteiger partial charge in [0.25, 0.3) is 0 Å². The topological polar surface area (TPSA) is 60.4 Å². The van der Waals surface area contributed by atoms with Crippen molar-refractivity contribution in [1.29, 1.82) is 0 Å². The van der Waals surface area contributed by atoms with Crippen LogP contribution in [0.4, 0.5) is 0 Å². The van der Waals surface area contributed by atoms with E-state index in [4.69, 9.17) is 11.6 Å². The highest BCUT2D eigenvalue weighted by molar-refractivity contribution is 7.96. The number of sulfone groups is 1. The molecule has 0 saturated heterocycles. The maximum atomic E-state index is 12.6. The molecular formula is C16H13ClO4S.